The van der Waals surface area contributed by atoms with E-state index >= 15 is 0 Å². The van der Waals surface area contributed by atoms with Crippen molar-refractivity contribution in [3.63, 3.8) is 0 Å². The van der Waals surface area contributed by atoms with Gasteiger partial charge in [-0.2, -0.15) is 0 Å². The molecule has 1 aromatic rings. The molecule has 198 valence electrons. The lowest BCUT2D eigenvalue weighted by molar-refractivity contribution is -0.160. The number of fused-ring (bicyclic) bond motifs is 1. The molecular formula is C26H49IN2O4Si. The molecule has 1 aliphatic heterocycles. The smallest absolute Gasteiger partial charge is 0.193 e. The minimum atomic E-state index is -2.09. The molecule has 0 amide bonds. The van der Waals surface area contributed by atoms with E-state index in [0.29, 0.717) is 19.8 Å². The molecule has 0 aromatic carbocycles. The molecule has 0 saturated heterocycles. The van der Waals surface area contributed by atoms with Crippen molar-refractivity contribution in [1.82, 2.24) is 9.55 Å². The van der Waals surface area contributed by atoms with Crippen LogP contribution in [0.15, 0.2) is 6.20 Å². The van der Waals surface area contributed by atoms with Gasteiger partial charge in [0, 0.05) is 26.0 Å². The maximum absolute atomic E-state index is 7.06. The summed E-state index contributed by atoms with van der Waals surface area (Å²) in [5.74, 6) is 0.954. The lowest BCUT2D eigenvalue weighted by Crippen LogP contribution is -2.54. The zero-order chi connectivity index (χ0) is 25.4. The number of aromatic nitrogens is 2. The van der Waals surface area contributed by atoms with E-state index in [2.05, 4.69) is 88.0 Å². The van der Waals surface area contributed by atoms with Gasteiger partial charge in [-0.3, -0.25) is 0 Å². The van der Waals surface area contributed by atoms with Crippen molar-refractivity contribution in [2.45, 2.75) is 123 Å². The SMILES string of the molecule is CCCCOCC1[C@@H](OCCCC)C(OCCCC)C(O[Si](C)(C)C(C)(C)C)c2nc(I)cn21. The first-order valence-electron chi connectivity index (χ1n) is 13.3. The Balaban J connectivity index is 2.48. The van der Waals surface area contributed by atoms with Gasteiger partial charge in [-0.15, -0.1) is 0 Å². The first kappa shape index (κ1) is 30.2. The first-order valence-corrected chi connectivity index (χ1v) is 17.3. The van der Waals surface area contributed by atoms with Crippen molar-refractivity contribution in [2.24, 2.45) is 0 Å². The van der Waals surface area contributed by atoms with Crippen molar-refractivity contribution >= 4 is 30.9 Å². The fraction of sp³-hybridized carbons (Fsp3) is 0.885. The van der Waals surface area contributed by atoms with Crippen LogP contribution in [0, 0.1) is 3.70 Å². The monoisotopic (exact) mass is 608 g/mol. The fourth-order valence-corrected chi connectivity index (χ4v) is 5.68. The zero-order valence-electron chi connectivity index (χ0n) is 22.9. The predicted octanol–water partition coefficient (Wildman–Crippen LogP) is 7.29. The Morgan fingerprint density at radius 1 is 0.941 bits per heavy atom. The second kappa shape index (κ2) is 14.1. The number of halogens is 1. The maximum Gasteiger partial charge on any atom is 0.193 e. The van der Waals surface area contributed by atoms with Gasteiger partial charge in [-0.1, -0.05) is 60.8 Å². The summed E-state index contributed by atoms with van der Waals surface area (Å²) >= 11 is 2.31. The summed E-state index contributed by atoms with van der Waals surface area (Å²) in [6.07, 6.45) is 7.97. The highest BCUT2D eigenvalue weighted by atomic mass is 127. The van der Waals surface area contributed by atoms with Crippen LogP contribution in [0.1, 0.15) is 98.0 Å². The lowest BCUT2D eigenvalue weighted by atomic mass is 9.95. The molecule has 0 spiro atoms. The molecule has 2 heterocycles. The van der Waals surface area contributed by atoms with Gasteiger partial charge in [0.05, 0.1) is 12.6 Å². The summed E-state index contributed by atoms with van der Waals surface area (Å²) in [4.78, 5) is 4.96. The Labute approximate surface area is 223 Å². The molecule has 4 atom stereocenters. The van der Waals surface area contributed by atoms with Gasteiger partial charge in [-0.25, -0.2) is 4.98 Å². The molecule has 1 aromatic heterocycles. The van der Waals surface area contributed by atoms with Crippen LogP contribution in [0.2, 0.25) is 18.1 Å². The molecule has 0 aliphatic carbocycles. The molecule has 0 N–H and O–H groups in total. The van der Waals surface area contributed by atoms with E-state index in [1.165, 1.54) is 0 Å². The van der Waals surface area contributed by atoms with Crippen LogP contribution in [0.25, 0.3) is 0 Å². The van der Waals surface area contributed by atoms with Gasteiger partial charge in [0.15, 0.2) is 8.32 Å². The van der Waals surface area contributed by atoms with Crippen molar-refractivity contribution in [1.29, 1.82) is 0 Å². The van der Waals surface area contributed by atoms with E-state index in [4.69, 9.17) is 23.6 Å². The van der Waals surface area contributed by atoms with Crippen LogP contribution >= 0.6 is 22.6 Å². The summed E-state index contributed by atoms with van der Waals surface area (Å²) in [6, 6.07) is 0.0191. The molecule has 0 fully saturated rings. The van der Waals surface area contributed by atoms with Crippen LogP contribution in [-0.4, -0.2) is 56.5 Å². The molecule has 0 bridgehead atoms. The van der Waals surface area contributed by atoms with Gasteiger partial charge < -0.3 is 23.2 Å². The van der Waals surface area contributed by atoms with E-state index in [9.17, 15) is 0 Å². The van der Waals surface area contributed by atoms with Crippen molar-refractivity contribution in [3.05, 3.63) is 15.7 Å². The molecule has 1 aliphatic rings. The van der Waals surface area contributed by atoms with Gasteiger partial charge in [0.25, 0.3) is 0 Å². The van der Waals surface area contributed by atoms with Crippen molar-refractivity contribution < 1.29 is 18.6 Å². The minimum absolute atomic E-state index is 0.0191. The third-order valence-corrected chi connectivity index (χ3v) is 12.1. The van der Waals surface area contributed by atoms with Gasteiger partial charge in [-0.05, 0) is 60.0 Å². The van der Waals surface area contributed by atoms with Crippen LogP contribution in [0.5, 0.6) is 0 Å². The quantitative estimate of drug-likeness (QED) is 0.119. The average molecular weight is 609 g/mol. The second-order valence-electron chi connectivity index (χ2n) is 11.0. The zero-order valence-corrected chi connectivity index (χ0v) is 26.0. The number of ether oxygens (including phenoxy) is 3. The Bertz CT molecular complexity index is 722. The fourth-order valence-electron chi connectivity index (χ4n) is 3.90. The summed E-state index contributed by atoms with van der Waals surface area (Å²) < 4.78 is 29.7. The Hall–Kier alpha value is -0.00312. The van der Waals surface area contributed by atoms with E-state index in [1.54, 1.807) is 0 Å². The number of unbranched alkanes of at least 4 members (excludes halogenated alkanes) is 3. The molecule has 0 radical (unpaired) electrons. The molecule has 6 nitrogen and oxygen atoms in total. The third kappa shape index (κ3) is 8.00. The predicted molar refractivity (Wildman–Crippen MR) is 150 cm³/mol. The van der Waals surface area contributed by atoms with Crippen LogP contribution in [-0.2, 0) is 18.6 Å². The summed E-state index contributed by atoms with van der Waals surface area (Å²) in [5.41, 5.74) is 0. The highest BCUT2D eigenvalue weighted by Crippen LogP contribution is 2.45. The van der Waals surface area contributed by atoms with Gasteiger partial charge >= 0.3 is 0 Å². The molecule has 8 heteroatoms. The van der Waals surface area contributed by atoms with E-state index in [0.717, 1.165) is 54.7 Å². The normalized spacial score (nSPS) is 23.3. The van der Waals surface area contributed by atoms with Crippen LogP contribution in [0.4, 0.5) is 0 Å². The van der Waals surface area contributed by atoms with Gasteiger partial charge in [0.2, 0.25) is 0 Å². The van der Waals surface area contributed by atoms with Gasteiger partial charge in [0.1, 0.15) is 27.8 Å². The highest BCUT2D eigenvalue weighted by Gasteiger charge is 2.50. The lowest BCUT2D eigenvalue weighted by Gasteiger charge is -2.47. The highest BCUT2D eigenvalue weighted by molar-refractivity contribution is 14.1. The standard InChI is InChI=1S/C26H49IN2O4Si/c1-9-12-15-30-19-20-22(31-16-13-10-2)23(32-17-14-11-3)24(25-28-21(27)18-29(20)25)33-34(7,8)26(4,5)6/h18,20,22-24H,9-17,19H2,1-8H3/t20?,22-,23?,24?/m1/s1. The average Bonchev–Trinajstić information content (AvgIpc) is 3.15. The van der Waals surface area contributed by atoms with Crippen LogP contribution in [0.3, 0.4) is 0 Å². The molecule has 0 saturated carbocycles. The molecule has 34 heavy (non-hydrogen) atoms. The molecular weight excluding hydrogens is 559 g/mol. The molecule has 3 unspecified atom stereocenters. The number of imidazole rings is 1. The topological polar surface area (TPSA) is 54.7 Å². The minimum Gasteiger partial charge on any atom is -0.404 e. The Morgan fingerprint density at radius 3 is 2.06 bits per heavy atom. The summed E-state index contributed by atoms with van der Waals surface area (Å²) in [7, 11) is -2.09. The number of hydrogen-bond donors (Lipinski definition) is 0. The van der Waals surface area contributed by atoms with Crippen LogP contribution < -0.4 is 0 Å². The number of nitrogens with zero attached hydrogens (tertiary/aromatic N) is 2. The summed E-state index contributed by atoms with van der Waals surface area (Å²) in [6.45, 7) is 20.8. The number of hydrogen-bond acceptors (Lipinski definition) is 5. The number of rotatable bonds is 15. The van der Waals surface area contributed by atoms with E-state index < -0.39 is 8.32 Å². The van der Waals surface area contributed by atoms with E-state index in [-0.39, 0.29) is 29.4 Å². The first-order chi connectivity index (χ1) is 16.1. The largest absolute Gasteiger partial charge is 0.404 e. The van der Waals surface area contributed by atoms with Crippen molar-refractivity contribution in [2.75, 3.05) is 26.4 Å². The second-order valence-corrected chi connectivity index (χ2v) is 16.9. The van der Waals surface area contributed by atoms with E-state index in [1.807, 2.05) is 0 Å². The van der Waals surface area contributed by atoms with Crippen molar-refractivity contribution in [3.8, 4) is 0 Å². The third-order valence-electron chi connectivity index (χ3n) is 7.12. The Kier molecular flexibility index (Phi) is 12.5. The Morgan fingerprint density at radius 2 is 1.50 bits per heavy atom. The summed E-state index contributed by atoms with van der Waals surface area (Å²) in [5, 5.41) is 0.0875. The maximum atomic E-state index is 7.06. The molecule has 2 rings (SSSR count).